The lowest BCUT2D eigenvalue weighted by molar-refractivity contribution is -0.141. The molecule has 0 amide bonds. The summed E-state index contributed by atoms with van der Waals surface area (Å²) >= 11 is 0. The van der Waals surface area contributed by atoms with Crippen LogP contribution in [-0.2, 0) is 9.59 Å². The maximum Gasteiger partial charge on any atom is 0.310 e. The zero-order chi connectivity index (χ0) is 13.1. The molecule has 0 saturated heterocycles. The summed E-state index contributed by atoms with van der Waals surface area (Å²) in [5.74, 6) is -2.57. The van der Waals surface area contributed by atoms with Gasteiger partial charge in [0, 0.05) is 6.42 Å². The van der Waals surface area contributed by atoms with Crippen molar-refractivity contribution in [2.75, 3.05) is 0 Å². The molecule has 0 radical (unpaired) electrons. The summed E-state index contributed by atoms with van der Waals surface area (Å²) in [6.45, 7) is 2.14. The van der Waals surface area contributed by atoms with Gasteiger partial charge < -0.3 is 10.2 Å². The van der Waals surface area contributed by atoms with E-state index in [1.807, 2.05) is 6.08 Å². The molecule has 0 aromatic carbocycles. The van der Waals surface area contributed by atoms with Crippen LogP contribution in [0.1, 0.15) is 51.9 Å². The van der Waals surface area contributed by atoms with Gasteiger partial charge in [0.15, 0.2) is 0 Å². The maximum absolute atomic E-state index is 10.8. The lowest BCUT2D eigenvalue weighted by Gasteiger charge is -2.04. The monoisotopic (exact) mass is 242 g/mol. The number of aliphatic carboxylic acids is 2. The third-order valence-electron chi connectivity index (χ3n) is 2.58. The van der Waals surface area contributed by atoms with E-state index in [9.17, 15) is 9.59 Å². The predicted molar refractivity (Wildman–Crippen MR) is 65.9 cm³/mol. The molecule has 0 spiro atoms. The van der Waals surface area contributed by atoms with Gasteiger partial charge in [-0.05, 0) is 19.3 Å². The van der Waals surface area contributed by atoms with E-state index in [1.165, 1.54) is 12.8 Å². The molecular formula is C13H22O4. The molecule has 0 aromatic heterocycles. The smallest absolute Gasteiger partial charge is 0.310 e. The number of allylic oxidation sites excluding steroid dienone is 1. The normalized spacial score (nSPS) is 12.8. The molecule has 0 fully saturated rings. The summed E-state index contributed by atoms with van der Waals surface area (Å²) < 4.78 is 0. The van der Waals surface area contributed by atoms with Gasteiger partial charge in [-0.25, -0.2) is 0 Å². The molecular weight excluding hydrogens is 220 g/mol. The highest BCUT2D eigenvalue weighted by Gasteiger charge is 2.14. The van der Waals surface area contributed by atoms with Crippen molar-refractivity contribution in [2.45, 2.75) is 51.9 Å². The third kappa shape index (κ3) is 9.60. The number of rotatable bonds is 10. The largest absolute Gasteiger partial charge is 0.481 e. The highest BCUT2D eigenvalue weighted by atomic mass is 16.4. The van der Waals surface area contributed by atoms with Crippen LogP contribution in [0.5, 0.6) is 0 Å². The number of unbranched alkanes of at least 4 members (excludes halogenated alkanes) is 4. The summed E-state index contributed by atoms with van der Waals surface area (Å²) in [5, 5.41) is 17.4. The molecule has 0 saturated carbocycles. The molecule has 0 aliphatic heterocycles. The summed E-state index contributed by atoms with van der Waals surface area (Å²) in [6, 6.07) is 0. The van der Waals surface area contributed by atoms with Gasteiger partial charge in [0.2, 0.25) is 0 Å². The van der Waals surface area contributed by atoms with Gasteiger partial charge in [0.05, 0.1) is 5.92 Å². The molecule has 2 N–H and O–H groups in total. The molecule has 0 bridgehead atoms. The van der Waals surface area contributed by atoms with Crippen LogP contribution in [0.15, 0.2) is 12.2 Å². The number of carbonyl (C=O) groups is 2. The molecule has 0 aliphatic carbocycles. The average molecular weight is 242 g/mol. The molecule has 1 atom stereocenters. The molecule has 4 heteroatoms. The van der Waals surface area contributed by atoms with Crippen molar-refractivity contribution in [2.24, 2.45) is 5.92 Å². The predicted octanol–water partition coefficient (Wildman–Crippen LogP) is 3.08. The summed E-state index contributed by atoms with van der Waals surface area (Å²) in [7, 11) is 0. The Kier molecular flexibility index (Phi) is 9.11. The Labute approximate surface area is 102 Å². The molecule has 0 heterocycles. The van der Waals surface area contributed by atoms with Crippen LogP contribution in [0.3, 0.4) is 0 Å². The molecule has 17 heavy (non-hydrogen) atoms. The lowest BCUT2D eigenvalue weighted by Crippen LogP contribution is -2.12. The number of hydrogen-bond donors (Lipinski definition) is 2. The Morgan fingerprint density at radius 1 is 1.18 bits per heavy atom. The van der Waals surface area contributed by atoms with Crippen molar-refractivity contribution >= 4 is 11.9 Å². The van der Waals surface area contributed by atoms with Gasteiger partial charge in [-0.15, -0.1) is 0 Å². The molecule has 0 rings (SSSR count). The van der Waals surface area contributed by atoms with Crippen LogP contribution in [0.4, 0.5) is 0 Å². The first-order chi connectivity index (χ1) is 8.07. The van der Waals surface area contributed by atoms with E-state index in [2.05, 4.69) is 6.92 Å². The molecule has 0 aromatic rings. The maximum atomic E-state index is 10.8. The van der Waals surface area contributed by atoms with Crippen molar-refractivity contribution in [3.8, 4) is 0 Å². The van der Waals surface area contributed by atoms with Gasteiger partial charge in [-0.2, -0.15) is 0 Å². The second-order valence-corrected chi connectivity index (χ2v) is 4.15. The molecule has 4 nitrogen and oxygen atoms in total. The first-order valence-electron chi connectivity index (χ1n) is 6.19. The highest BCUT2D eigenvalue weighted by molar-refractivity contribution is 5.73. The number of hydrogen-bond acceptors (Lipinski definition) is 2. The van der Waals surface area contributed by atoms with Gasteiger partial charge in [-0.3, -0.25) is 9.59 Å². The Balaban J connectivity index is 3.86. The van der Waals surface area contributed by atoms with E-state index in [-0.39, 0.29) is 12.8 Å². The zero-order valence-electron chi connectivity index (χ0n) is 10.4. The fourth-order valence-electron chi connectivity index (χ4n) is 1.53. The van der Waals surface area contributed by atoms with Crippen LogP contribution in [-0.4, -0.2) is 22.2 Å². The molecule has 0 aliphatic rings. The van der Waals surface area contributed by atoms with Crippen LogP contribution in [0.2, 0.25) is 0 Å². The Bertz CT molecular complexity index is 258. The quantitative estimate of drug-likeness (QED) is 0.456. The Morgan fingerprint density at radius 2 is 1.88 bits per heavy atom. The van der Waals surface area contributed by atoms with E-state index in [4.69, 9.17) is 10.2 Å². The van der Waals surface area contributed by atoms with E-state index in [0.29, 0.717) is 0 Å². The van der Waals surface area contributed by atoms with Crippen LogP contribution in [0, 0.1) is 5.92 Å². The SMILES string of the molecule is CCCCCC/C=C/C(CCC(=O)O)C(=O)O. The standard InChI is InChI=1S/C13H22O4/c1-2-3-4-5-6-7-8-11(13(16)17)9-10-12(14)15/h7-8,11H,2-6,9-10H2,1H3,(H,14,15)(H,16,17)/b8-7+. The van der Waals surface area contributed by atoms with Gasteiger partial charge >= 0.3 is 11.9 Å². The minimum Gasteiger partial charge on any atom is -0.481 e. The van der Waals surface area contributed by atoms with Gasteiger partial charge in [0.1, 0.15) is 0 Å². The first kappa shape index (κ1) is 15.7. The van der Waals surface area contributed by atoms with Gasteiger partial charge in [-0.1, -0.05) is 38.3 Å². The van der Waals surface area contributed by atoms with E-state index < -0.39 is 17.9 Å². The van der Waals surface area contributed by atoms with Crippen molar-refractivity contribution < 1.29 is 19.8 Å². The lowest BCUT2D eigenvalue weighted by atomic mass is 10.0. The molecule has 98 valence electrons. The van der Waals surface area contributed by atoms with Crippen LogP contribution < -0.4 is 0 Å². The highest BCUT2D eigenvalue weighted by Crippen LogP contribution is 2.11. The third-order valence-corrected chi connectivity index (χ3v) is 2.58. The second kappa shape index (κ2) is 9.87. The Hall–Kier alpha value is -1.32. The van der Waals surface area contributed by atoms with E-state index >= 15 is 0 Å². The summed E-state index contributed by atoms with van der Waals surface area (Å²) in [4.78, 5) is 21.2. The van der Waals surface area contributed by atoms with Crippen molar-refractivity contribution in [1.82, 2.24) is 0 Å². The van der Waals surface area contributed by atoms with Crippen LogP contribution in [0.25, 0.3) is 0 Å². The minimum atomic E-state index is -0.951. The van der Waals surface area contributed by atoms with Gasteiger partial charge in [0.25, 0.3) is 0 Å². The van der Waals surface area contributed by atoms with Crippen molar-refractivity contribution in [3.63, 3.8) is 0 Å². The topological polar surface area (TPSA) is 74.6 Å². The second-order valence-electron chi connectivity index (χ2n) is 4.15. The van der Waals surface area contributed by atoms with E-state index in [1.54, 1.807) is 6.08 Å². The Morgan fingerprint density at radius 3 is 2.41 bits per heavy atom. The van der Waals surface area contributed by atoms with E-state index in [0.717, 1.165) is 19.3 Å². The van der Waals surface area contributed by atoms with Crippen molar-refractivity contribution in [1.29, 1.82) is 0 Å². The zero-order valence-corrected chi connectivity index (χ0v) is 10.4. The average Bonchev–Trinajstić information content (AvgIpc) is 2.26. The molecule has 1 unspecified atom stereocenters. The summed E-state index contributed by atoms with van der Waals surface area (Å²) in [6.07, 6.45) is 9.02. The first-order valence-corrected chi connectivity index (χ1v) is 6.19. The number of carboxylic acids is 2. The minimum absolute atomic E-state index is 0.100. The number of carboxylic acid groups (broad SMARTS) is 2. The fourth-order valence-corrected chi connectivity index (χ4v) is 1.53. The van der Waals surface area contributed by atoms with Crippen LogP contribution >= 0.6 is 0 Å². The summed E-state index contributed by atoms with van der Waals surface area (Å²) in [5.41, 5.74) is 0. The van der Waals surface area contributed by atoms with Crippen molar-refractivity contribution in [3.05, 3.63) is 12.2 Å². The fraction of sp³-hybridized carbons (Fsp3) is 0.692.